The van der Waals surface area contributed by atoms with Gasteiger partial charge in [0.05, 0.1) is 77.2 Å². The van der Waals surface area contributed by atoms with Crippen molar-refractivity contribution in [2.75, 3.05) is 33.9 Å². The summed E-state index contributed by atoms with van der Waals surface area (Å²) in [5, 5.41) is 70.5. The van der Waals surface area contributed by atoms with Crippen LogP contribution in [0.4, 0.5) is 5.69 Å². The SMILES string of the molecule is C=C1CO[C@@H]2[C@@H](C)/C(=N/O)[C@H](C)C[C@@](C)(OC1)[C@H](OC1O[C@H](C)C[C@H](N(C)CCc3cn(CCc4ccc([N+](=O)[O-])cc4)nn3)[C@H]1O)[C@@H](C)C(O[C@H]1C[C@@](C)(OC)[C@@H](O)[C@H](C)O1)[C@@H](C)C(=O)O[C@H](CC)[C@@]2(C)O. The standard InChI is InChI=1S/C52H82N6O15/c1-14-40-52(11,62)47-32(5)42(54-63)30(3)24-51(10,68-28-29(2)27-67-47)46(33(6)44(34(7)48(61)71-40)72-41-25-50(9,66-13)45(60)35(8)70-41)73-49-43(59)39(23-31(4)69-49)56(12)21-20-37-26-57(55-53-37)22-19-36-15-17-38(18-16-36)58(64)65/h15-18,26,30-35,39-41,43-47,49,59-60,62-63H,2,14,19-25,27-28H2,1,3-13H3/b54-42+/t30-,31-,32+,33+,34-,35+,39+,40-,41+,43-,44?,45+,46-,47-,49?,50-,51-,52-/m1/s1. The number of fused-ring (bicyclic) bond motifs is 5. The molecule has 0 radical (unpaired) electrons. The molecule has 73 heavy (non-hydrogen) atoms. The number of aliphatic hydroxyl groups is 3. The summed E-state index contributed by atoms with van der Waals surface area (Å²) in [5.74, 6) is -3.72. The molecule has 4 saturated heterocycles. The van der Waals surface area contributed by atoms with Gasteiger partial charge in [-0.25, -0.2) is 0 Å². The van der Waals surface area contributed by atoms with E-state index >= 15 is 0 Å². The maximum absolute atomic E-state index is 14.7. The van der Waals surface area contributed by atoms with Crippen LogP contribution in [-0.4, -0.2) is 175 Å². The summed E-state index contributed by atoms with van der Waals surface area (Å²) < 4.78 is 54.3. The first kappa shape index (κ1) is 58.3. The smallest absolute Gasteiger partial charge is 0.311 e. The third-order valence-electron chi connectivity index (χ3n) is 16.0. The normalized spacial score (nSPS) is 39.9. The number of rotatable bonds is 14. The highest BCUT2D eigenvalue weighted by Gasteiger charge is 2.55. The lowest BCUT2D eigenvalue weighted by Gasteiger charge is -2.50. The van der Waals surface area contributed by atoms with Gasteiger partial charge in [-0.3, -0.25) is 19.6 Å². The second-order valence-electron chi connectivity index (χ2n) is 21.8. The van der Waals surface area contributed by atoms with Crippen molar-refractivity contribution in [3.8, 4) is 0 Å². The van der Waals surface area contributed by atoms with Gasteiger partial charge in [0.15, 0.2) is 12.6 Å². The van der Waals surface area contributed by atoms with E-state index in [0.717, 1.165) is 11.3 Å². The average molecular weight is 1030 g/mol. The maximum Gasteiger partial charge on any atom is 0.311 e. The first-order chi connectivity index (χ1) is 34.4. The number of oxime groups is 1. The van der Waals surface area contributed by atoms with E-state index in [4.69, 9.17) is 37.9 Å². The zero-order valence-electron chi connectivity index (χ0n) is 44.8. The lowest BCUT2D eigenvalue weighted by atomic mass is 9.73. The van der Waals surface area contributed by atoms with Crippen molar-refractivity contribution in [2.24, 2.45) is 28.8 Å². The number of benzene rings is 1. The summed E-state index contributed by atoms with van der Waals surface area (Å²) in [6, 6.07) is 5.99. The van der Waals surface area contributed by atoms with Crippen molar-refractivity contribution in [1.29, 1.82) is 0 Å². The van der Waals surface area contributed by atoms with Crippen molar-refractivity contribution in [3.63, 3.8) is 0 Å². The number of hydrogen-bond acceptors (Lipinski definition) is 19. The van der Waals surface area contributed by atoms with Crippen LogP contribution in [0.5, 0.6) is 0 Å². The van der Waals surface area contributed by atoms with Crippen LogP contribution in [0.1, 0.15) is 106 Å². The molecule has 1 aromatic carbocycles. The molecule has 4 N–H and O–H groups in total. The Labute approximate surface area is 429 Å². The molecule has 4 fully saturated rings. The predicted molar refractivity (Wildman–Crippen MR) is 267 cm³/mol. The number of methoxy groups -OCH3 is 1. The van der Waals surface area contributed by atoms with Crippen LogP contribution in [0, 0.1) is 33.8 Å². The lowest BCUT2D eigenvalue weighted by molar-refractivity contribution is -0.384. The summed E-state index contributed by atoms with van der Waals surface area (Å²) in [6.45, 7) is 23.2. The van der Waals surface area contributed by atoms with Crippen LogP contribution < -0.4 is 0 Å². The van der Waals surface area contributed by atoms with Gasteiger partial charge in [-0.05, 0) is 85.4 Å². The van der Waals surface area contributed by atoms with Crippen LogP contribution in [-0.2, 0) is 62.1 Å². The van der Waals surface area contributed by atoms with E-state index in [-0.39, 0.29) is 44.3 Å². The molecule has 0 spiro atoms. The number of carbonyl (C=O) groups is 1. The van der Waals surface area contributed by atoms with Crippen LogP contribution in [0.25, 0.3) is 0 Å². The molecular formula is C52H82N6O15. The number of hydrogen-bond donors (Lipinski definition) is 4. The minimum absolute atomic E-state index is 0.0107. The van der Waals surface area contributed by atoms with Gasteiger partial charge in [0, 0.05) is 75.2 Å². The van der Waals surface area contributed by atoms with Crippen LogP contribution in [0.15, 0.2) is 47.8 Å². The minimum Gasteiger partial charge on any atom is -0.459 e. The number of aliphatic hydroxyl groups excluding tert-OH is 2. The maximum atomic E-state index is 14.7. The topological polar surface area (TPSA) is 261 Å². The average Bonchev–Trinajstić information content (AvgIpc) is 3.81. The quantitative estimate of drug-likeness (QED) is 0.0636. The lowest BCUT2D eigenvalue weighted by Crippen LogP contribution is -2.62. The number of non-ortho nitro benzene ring substituents is 1. The highest BCUT2D eigenvalue weighted by Crippen LogP contribution is 2.43. The van der Waals surface area contributed by atoms with Gasteiger partial charge in [-0.15, -0.1) is 5.10 Å². The zero-order valence-corrected chi connectivity index (χ0v) is 44.8. The van der Waals surface area contributed by atoms with E-state index in [1.807, 2.05) is 40.9 Å². The van der Waals surface area contributed by atoms with E-state index < -0.39 is 113 Å². The van der Waals surface area contributed by atoms with E-state index in [9.17, 15) is 35.4 Å². The molecule has 2 bridgehead atoms. The third-order valence-corrected chi connectivity index (χ3v) is 16.0. The molecule has 5 heterocycles. The fourth-order valence-electron chi connectivity index (χ4n) is 11.5. The summed E-state index contributed by atoms with van der Waals surface area (Å²) in [4.78, 5) is 27.5. The van der Waals surface area contributed by atoms with Gasteiger partial charge in [-0.1, -0.05) is 56.8 Å². The monoisotopic (exact) mass is 1030 g/mol. The molecule has 21 heteroatoms. The zero-order chi connectivity index (χ0) is 53.7. The summed E-state index contributed by atoms with van der Waals surface area (Å²) in [6.07, 6.45) is -5.74. The number of aromatic nitrogens is 3. The number of esters is 1. The Morgan fingerprint density at radius 1 is 1.01 bits per heavy atom. The number of nitro groups is 1. The van der Waals surface area contributed by atoms with Crippen molar-refractivity contribution in [3.05, 3.63) is 64.0 Å². The number of cyclic esters (lactones) is 1. The molecular weight excluding hydrogens is 949 g/mol. The number of carbonyl (C=O) groups excluding carboxylic acids is 1. The first-order valence-corrected chi connectivity index (χ1v) is 25.8. The highest BCUT2D eigenvalue weighted by molar-refractivity contribution is 5.88. The Morgan fingerprint density at radius 3 is 2.36 bits per heavy atom. The van der Waals surface area contributed by atoms with E-state index in [2.05, 4.69) is 26.9 Å². The summed E-state index contributed by atoms with van der Waals surface area (Å²) in [7, 11) is 3.43. The second-order valence-corrected chi connectivity index (χ2v) is 21.8. The predicted octanol–water partition coefficient (Wildman–Crippen LogP) is 5.02. The molecule has 2 aromatic rings. The van der Waals surface area contributed by atoms with Gasteiger partial charge in [0.2, 0.25) is 0 Å². The summed E-state index contributed by atoms with van der Waals surface area (Å²) >= 11 is 0. The Balaban J connectivity index is 1.34. The first-order valence-electron chi connectivity index (χ1n) is 25.8. The number of nitro benzene ring substituents is 1. The molecule has 0 amide bonds. The molecule has 0 saturated carbocycles. The fourth-order valence-corrected chi connectivity index (χ4v) is 11.5. The largest absolute Gasteiger partial charge is 0.459 e. The number of ether oxygens (including phenoxy) is 8. The molecule has 4 aliphatic heterocycles. The summed E-state index contributed by atoms with van der Waals surface area (Å²) in [5.41, 5.74) is -1.61. The van der Waals surface area contributed by atoms with Crippen LogP contribution in [0.3, 0.4) is 0 Å². The Bertz CT molecular complexity index is 2200. The van der Waals surface area contributed by atoms with Crippen LogP contribution >= 0.6 is 0 Å². The van der Waals surface area contributed by atoms with Crippen LogP contribution in [0.2, 0.25) is 0 Å². The van der Waals surface area contributed by atoms with Gasteiger partial charge in [-0.2, -0.15) is 0 Å². The van der Waals surface area contributed by atoms with Gasteiger partial charge in [0.25, 0.3) is 5.69 Å². The molecule has 6 rings (SSSR count). The number of aryl methyl sites for hydroxylation is 2. The van der Waals surface area contributed by atoms with Gasteiger partial charge in [0.1, 0.15) is 23.9 Å². The molecule has 1 aromatic heterocycles. The van der Waals surface area contributed by atoms with Crippen molar-refractivity contribution < 1.29 is 68.1 Å². The minimum atomic E-state index is -1.79. The fraction of sp³-hybridized carbons (Fsp3) is 0.769. The molecule has 18 atom stereocenters. The molecule has 2 unspecified atom stereocenters. The molecule has 4 aliphatic rings. The van der Waals surface area contributed by atoms with Crippen molar-refractivity contribution >= 4 is 17.4 Å². The Kier molecular flexibility index (Phi) is 19.4. The van der Waals surface area contributed by atoms with Gasteiger partial charge < -0.3 is 63.3 Å². The second kappa shape index (κ2) is 24.3. The molecule has 0 aliphatic carbocycles. The number of nitrogens with zero attached hydrogens (tertiary/aromatic N) is 6. The van der Waals surface area contributed by atoms with E-state index in [1.54, 1.807) is 58.4 Å². The van der Waals surface area contributed by atoms with E-state index in [1.165, 1.54) is 19.2 Å². The van der Waals surface area contributed by atoms with Crippen molar-refractivity contribution in [1.82, 2.24) is 19.9 Å². The van der Waals surface area contributed by atoms with Gasteiger partial charge >= 0.3 is 5.97 Å². The Hall–Kier alpha value is -4.00. The molecule has 21 nitrogen and oxygen atoms in total. The number of likely N-dealkylation sites (N-methyl/N-ethyl adjacent to an activating group) is 1. The third kappa shape index (κ3) is 13.3. The van der Waals surface area contributed by atoms with Crippen molar-refractivity contribution in [2.45, 2.75) is 199 Å². The van der Waals surface area contributed by atoms with E-state index in [0.29, 0.717) is 43.6 Å². The highest BCUT2D eigenvalue weighted by atomic mass is 16.7. The Morgan fingerprint density at radius 2 is 1.71 bits per heavy atom. The molecule has 410 valence electrons.